The van der Waals surface area contributed by atoms with Gasteiger partial charge in [-0.25, -0.2) is 8.93 Å². The van der Waals surface area contributed by atoms with E-state index in [9.17, 15) is 13.8 Å². The first-order valence-corrected chi connectivity index (χ1v) is 8.77. The molecule has 0 fully saturated rings. The minimum absolute atomic E-state index is 0. The normalized spacial score (nSPS) is 11.6. The summed E-state index contributed by atoms with van der Waals surface area (Å²) in [5.74, 6) is -0.295. The third kappa shape index (κ3) is 4.05. The lowest BCUT2D eigenvalue weighted by Crippen LogP contribution is -2.14. The molecule has 0 saturated heterocycles. The minimum atomic E-state index is -1.35. The van der Waals surface area contributed by atoms with Crippen molar-refractivity contribution in [2.24, 2.45) is 0 Å². The van der Waals surface area contributed by atoms with Crippen LogP contribution in [-0.2, 0) is 11.0 Å². The van der Waals surface area contributed by atoms with Gasteiger partial charge in [0.25, 0.3) is 5.91 Å². The molecule has 0 saturated carbocycles. The first-order chi connectivity index (χ1) is 12.0. The van der Waals surface area contributed by atoms with Crippen LogP contribution in [0.15, 0.2) is 58.2 Å². The Morgan fingerprint density at radius 1 is 1.12 bits per heavy atom. The van der Waals surface area contributed by atoms with Gasteiger partial charge in [-0.3, -0.25) is 9.59 Å². The number of amides is 1. The third-order valence-electron chi connectivity index (χ3n) is 3.80. The lowest BCUT2D eigenvalue weighted by atomic mass is 10.1. The van der Waals surface area contributed by atoms with Crippen LogP contribution in [0, 0.1) is 6.92 Å². The highest BCUT2D eigenvalue weighted by Crippen LogP contribution is 2.20. The van der Waals surface area contributed by atoms with Crippen molar-refractivity contribution in [3.05, 3.63) is 70.0 Å². The van der Waals surface area contributed by atoms with Crippen molar-refractivity contribution in [2.45, 2.75) is 11.8 Å². The number of rotatable bonds is 4. The molecule has 1 aromatic heterocycles. The van der Waals surface area contributed by atoms with Gasteiger partial charge in [-0.1, -0.05) is 6.07 Å². The number of H-pyrrole nitrogens is 1. The Balaban J connectivity index is 0.00000243. The number of hydrogen-bond donors (Lipinski definition) is 3. The molecular formula is C18H19N3O4S. The quantitative estimate of drug-likeness (QED) is 0.642. The summed E-state index contributed by atoms with van der Waals surface area (Å²) in [6.07, 6.45) is 0. The molecule has 0 spiro atoms. The number of nitrogens with one attached hydrogen (secondary N) is 3. The third-order valence-corrected chi connectivity index (χ3v) is 4.86. The molecule has 0 aliphatic rings. The molecule has 5 N–H and O–H groups in total. The Kier molecular flexibility index (Phi) is 6.04. The zero-order valence-corrected chi connectivity index (χ0v) is 15.1. The number of aromatic nitrogens is 1. The number of carbonyl (C=O) groups excluding carboxylic acids is 1. The summed E-state index contributed by atoms with van der Waals surface area (Å²) in [5, 5.41) is 3.69. The lowest BCUT2D eigenvalue weighted by molar-refractivity contribution is 0.102. The summed E-state index contributed by atoms with van der Waals surface area (Å²) in [4.78, 5) is 27.3. The van der Waals surface area contributed by atoms with Crippen LogP contribution in [0.2, 0.25) is 0 Å². The number of aryl methyl sites for hydroxylation is 1. The molecular weight excluding hydrogens is 354 g/mol. The van der Waals surface area contributed by atoms with E-state index in [1.54, 1.807) is 43.4 Å². The maximum Gasteiger partial charge on any atom is 0.255 e. The molecule has 26 heavy (non-hydrogen) atoms. The molecule has 1 heterocycles. The van der Waals surface area contributed by atoms with Crippen molar-refractivity contribution < 1.29 is 14.5 Å². The molecule has 8 heteroatoms. The molecule has 0 aliphatic carbocycles. The molecule has 7 nitrogen and oxygen atoms in total. The second-order valence-electron chi connectivity index (χ2n) is 5.53. The average molecular weight is 373 g/mol. The lowest BCUT2D eigenvalue weighted by Gasteiger charge is -2.09. The van der Waals surface area contributed by atoms with Gasteiger partial charge in [-0.15, -0.1) is 0 Å². The maximum atomic E-state index is 12.5. The monoisotopic (exact) mass is 373 g/mol. The van der Waals surface area contributed by atoms with Crippen molar-refractivity contribution in [1.82, 2.24) is 9.71 Å². The zero-order chi connectivity index (χ0) is 18.0. The van der Waals surface area contributed by atoms with Crippen LogP contribution in [0.3, 0.4) is 0 Å². The van der Waals surface area contributed by atoms with E-state index in [-0.39, 0.29) is 16.9 Å². The Bertz CT molecular complexity index is 1050. The van der Waals surface area contributed by atoms with E-state index < -0.39 is 11.0 Å². The van der Waals surface area contributed by atoms with Gasteiger partial charge in [-0.05, 0) is 55.9 Å². The summed E-state index contributed by atoms with van der Waals surface area (Å²) in [5.41, 5.74) is 2.43. The van der Waals surface area contributed by atoms with Crippen molar-refractivity contribution in [3.8, 4) is 0 Å². The molecule has 1 unspecified atom stereocenters. The van der Waals surface area contributed by atoms with E-state index in [4.69, 9.17) is 0 Å². The predicted octanol–water partition coefficient (Wildman–Crippen LogP) is 1.51. The smallest absolute Gasteiger partial charge is 0.255 e. The Labute approximate surface area is 152 Å². The number of carbonyl (C=O) groups is 1. The number of fused-ring (bicyclic) bond motifs is 1. The molecule has 1 amide bonds. The van der Waals surface area contributed by atoms with E-state index in [0.29, 0.717) is 16.1 Å². The van der Waals surface area contributed by atoms with Crippen molar-refractivity contribution in [2.75, 3.05) is 12.4 Å². The molecule has 136 valence electrons. The summed E-state index contributed by atoms with van der Waals surface area (Å²) in [6, 6.07) is 13.4. The molecule has 3 rings (SSSR count). The second kappa shape index (κ2) is 8.05. The second-order valence-corrected chi connectivity index (χ2v) is 6.95. The number of benzene rings is 2. The standard InChI is InChI=1S/C18H17N3O3S.H2O/c1-11-8-17(22)21-16-7-6-13(10-15(11)16)20-18(23)12-4-3-5-14(9-12)25(24)19-2;/h3-10,19H,1-2H3,(H,20,23)(H,21,22);1H2. The Morgan fingerprint density at radius 3 is 2.62 bits per heavy atom. The highest BCUT2D eigenvalue weighted by Gasteiger charge is 2.10. The van der Waals surface area contributed by atoms with Gasteiger partial charge < -0.3 is 15.8 Å². The summed E-state index contributed by atoms with van der Waals surface area (Å²) >= 11 is 0. The predicted molar refractivity (Wildman–Crippen MR) is 103 cm³/mol. The van der Waals surface area contributed by atoms with Crippen LogP contribution in [0.25, 0.3) is 10.9 Å². The van der Waals surface area contributed by atoms with Crippen molar-refractivity contribution >= 4 is 33.5 Å². The maximum absolute atomic E-state index is 12.5. The van der Waals surface area contributed by atoms with E-state index in [1.165, 1.54) is 6.07 Å². The van der Waals surface area contributed by atoms with Gasteiger partial charge in [0, 0.05) is 28.2 Å². The molecule has 0 bridgehead atoms. The minimum Gasteiger partial charge on any atom is -0.412 e. The fraction of sp³-hybridized carbons (Fsp3) is 0.111. The summed E-state index contributed by atoms with van der Waals surface area (Å²) in [6.45, 7) is 1.85. The van der Waals surface area contributed by atoms with Crippen LogP contribution in [-0.4, -0.2) is 27.6 Å². The van der Waals surface area contributed by atoms with E-state index in [2.05, 4.69) is 15.0 Å². The van der Waals surface area contributed by atoms with Gasteiger partial charge in [0.2, 0.25) is 5.56 Å². The fourth-order valence-corrected chi connectivity index (χ4v) is 3.25. The van der Waals surface area contributed by atoms with Crippen LogP contribution >= 0.6 is 0 Å². The molecule has 0 radical (unpaired) electrons. The van der Waals surface area contributed by atoms with Crippen molar-refractivity contribution in [1.29, 1.82) is 0 Å². The molecule has 0 aliphatic heterocycles. The average Bonchev–Trinajstić information content (AvgIpc) is 2.61. The highest BCUT2D eigenvalue weighted by molar-refractivity contribution is 7.83. The molecule has 3 aromatic rings. The van der Waals surface area contributed by atoms with Crippen LogP contribution in [0.1, 0.15) is 15.9 Å². The largest absolute Gasteiger partial charge is 0.412 e. The van der Waals surface area contributed by atoms with Gasteiger partial charge in [0.05, 0.1) is 4.90 Å². The van der Waals surface area contributed by atoms with Crippen molar-refractivity contribution in [3.63, 3.8) is 0 Å². The number of hydrogen-bond acceptors (Lipinski definition) is 3. The van der Waals surface area contributed by atoms with Crippen LogP contribution in [0.5, 0.6) is 0 Å². The van der Waals surface area contributed by atoms with E-state index in [1.807, 2.05) is 13.0 Å². The topological polar surface area (TPSA) is 123 Å². The highest BCUT2D eigenvalue weighted by atomic mass is 32.2. The van der Waals surface area contributed by atoms with Gasteiger partial charge in [0.15, 0.2) is 0 Å². The SMILES string of the molecule is CNS(=O)c1cccc(C(=O)Nc2ccc3[nH]c(=O)cc(C)c3c2)c1.O. The molecule has 1 atom stereocenters. The number of anilines is 1. The van der Waals surface area contributed by atoms with Gasteiger partial charge >= 0.3 is 0 Å². The van der Waals surface area contributed by atoms with E-state index >= 15 is 0 Å². The summed E-state index contributed by atoms with van der Waals surface area (Å²) < 4.78 is 14.4. The summed E-state index contributed by atoms with van der Waals surface area (Å²) in [7, 11) is 0.237. The Hall–Kier alpha value is -2.81. The van der Waals surface area contributed by atoms with E-state index in [0.717, 1.165) is 16.5 Å². The zero-order valence-electron chi connectivity index (χ0n) is 14.3. The first-order valence-electron chi connectivity index (χ1n) is 7.62. The van der Waals surface area contributed by atoms with Gasteiger partial charge in [-0.2, -0.15) is 0 Å². The van der Waals surface area contributed by atoms with Crippen LogP contribution in [0.4, 0.5) is 5.69 Å². The van der Waals surface area contributed by atoms with Gasteiger partial charge in [0.1, 0.15) is 11.0 Å². The van der Waals surface area contributed by atoms with Crippen LogP contribution < -0.4 is 15.6 Å². The fourth-order valence-electron chi connectivity index (χ4n) is 2.57. The number of aromatic amines is 1. The number of pyridine rings is 1. The first kappa shape index (κ1) is 19.5. The molecule has 2 aromatic carbocycles. The Morgan fingerprint density at radius 2 is 1.88 bits per heavy atom.